The second-order valence-electron chi connectivity index (χ2n) is 10.0. The topological polar surface area (TPSA) is 25.8 Å². The number of hydrogen-bond donors (Lipinski definition) is 0. The van der Waals surface area contributed by atoms with Crippen LogP contribution in [0.4, 0.5) is 0 Å². The van der Waals surface area contributed by atoms with E-state index in [4.69, 9.17) is 4.98 Å². The predicted molar refractivity (Wildman–Crippen MR) is 151 cm³/mol. The van der Waals surface area contributed by atoms with E-state index in [9.17, 15) is 0 Å². The van der Waals surface area contributed by atoms with Crippen LogP contribution in [0.25, 0.3) is 76.6 Å². The van der Waals surface area contributed by atoms with Crippen molar-refractivity contribution in [1.29, 1.82) is 0 Å². The smallest absolute Gasteiger partial charge is 0.0787 e. The summed E-state index contributed by atoms with van der Waals surface area (Å²) in [5, 5.41) is 10.2. The molecule has 36 heavy (non-hydrogen) atoms. The first kappa shape index (κ1) is 19.7. The molecular weight excluding hydrogens is 436 g/mol. The maximum atomic E-state index is 4.83. The van der Waals surface area contributed by atoms with Gasteiger partial charge in [0.25, 0.3) is 0 Å². The highest BCUT2D eigenvalue weighted by Gasteiger charge is 2.26. The summed E-state index contributed by atoms with van der Waals surface area (Å²) >= 11 is 0. The average Bonchev–Trinajstić information content (AvgIpc) is 3.25. The van der Waals surface area contributed by atoms with Crippen LogP contribution in [0.2, 0.25) is 0 Å². The molecule has 0 spiro atoms. The quantitative estimate of drug-likeness (QED) is 0.229. The molecule has 0 saturated heterocycles. The minimum atomic E-state index is 1.10. The summed E-state index contributed by atoms with van der Waals surface area (Å²) in [6.07, 6.45) is 5.71. The van der Waals surface area contributed by atoms with Crippen molar-refractivity contribution in [2.45, 2.75) is 13.8 Å². The highest BCUT2D eigenvalue weighted by Crippen LogP contribution is 2.51. The van der Waals surface area contributed by atoms with Crippen molar-refractivity contribution in [2.75, 3.05) is 0 Å². The largest absolute Gasteiger partial charge is 0.264 e. The maximum Gasteiger partial charge on any atom is 0.0787 e. The molecule has 8 rings (SSSR count). The fourth-order valence-corrected chi connectivity index (χ4v) is 6.21. The molecule has 0 atom stereocenters. The van der Waals surface area contributed by atoms with Gasteiger partial charge in [-0.3, -0.25) is 9.97 Å². The zero-order valence-corrected chi connectivity index (χ0v) is 20.1. The summed E-state index contributed by atoms with van der Waals surface area (Å²) in [5.74, 6) is 0. The van der Waals surface area contributed by atoms with Gasteiger partial charge in [-0.2, -0.15) is 0 Å². The molecule has 0 N–H and O–H groups in total. The minimum Gasteiger partial charge on any atom is -0.264 e. The molecule has 0 aliphatic heterocycles. The Labute approximate surface area is 208 Å². The number of fused-ring (bicyclic) bond motifs is 8. The van der Waals surface area contributed by atoms with Crippen LogP contribution in [0.1, 0.15) is 11.1 Å². The summed E-state index contributed by atoms with van der Waals surface area (Å²) in [6.45, 7) is 4.39. The van der Waals surface area contributed by atoms with Gasteiger partial charge in [-0.1, -0.05) is 54.1 Å². The molecular formula is C34H22N2. The van der Waals surface area contributed by atoms with Crippen LogP contribution in [0.5, 0.6) is 0 Å². The van der Waals surface area contributed by atoms with Gasteiger partial charge in [-0.25, -0.2) is 0 Å². The fraction of sp³-hybridized carbons (Fsp3) is 0.0588. The first-order valence-electron chi connectivity index (χ1n) is 12.4. The van der Waals surface area contributed by atoms with Gasteiger partial charge in [0, 0.05) is 35.1 Å². The zero-order chi connectivity index (χ0) is 24.0. The van der Waals surface area contributed by atoms with Gasteiger partial charge in [0.2, 0.25) is 0 Å². The molecule has 2 heteroatoms. The molecule has 1 aliphatic rings. The lowest BCUT2D eigenvalue weighted by Crippen LogP contribution is -1.89. The minimum absolute atomic E-state index is 1.10. The van der Waals surface area contributed by atoms with E-state index in [1.54, 1.807) is 0 Å². The molecule has 0 fully saturated rings. The van der Waals surface area contributed by atoms with E-state index < -0.39 is 0 Å². The lowest BCUT2D eigenvalue weighted by atomic mass is 9.88. The first-order valence-corrected chi connectivity index (χ1v) is 12.4. The van der Waals surface area contributed by atoms with Crippen molar-refractivity contribution in [2.24, 2.45) is 0 Å². The fourth-order valence-electron chi connectivity index (χ4n) is 6.21. The number of benzene rings is 5. The molecule has 0 saturated carbocycles. The zero-order valence-electron chi connectivity index (χ0n) is 20.1. The molecule has 0 radical (unpaired) electrons. The Morgan fingerprint density at radius 1 is 0.583 bits per heavy atom. The third-order valence-corrected chi connectivity index (χ3v) is 7.88. The molecule has 5 aromatic carbocycles. The van der Waals surface area contributed by atoms with Gasteiger partial charge in [0.1, 0.15) is 0 Å². The second-order valence-corrected chi connectivity index (χ2v) is 10.0. The van der Waals surface area contributed by atoms with Gasteiger partial charge in [0.05, 0.1) is 5.69 Å². The number of hydrogen-bond acceptors (Lipinski definition) is 2. The number of aromatic nitrogens is 2. The standard InChI is InChI=1S/C34H22N2/c1-19-5-9-24-28(14-19)27(22-7-8-23-18-35-13-11-21(23)15-22)16-30-25-10-6-20(2)32-26-4-3-12-36-34(26)31(33(25)32)17-29(24)30/h3-18H,1-2H3. The van der Waals surface area contributed by atoms with E-state index >= 15 is 0 Å². The lowest BCUT2D eigenvalue weighted by Gasteiger charge is -2.16. The number of rotatable bonds is 1. The van der Waals surface area contributed by atoms with Crippen LogP contribution >= 0.6 is 0 Å². The van der Waals surface area contributed by atoms with E-state index in [0.29, 0.717) is 0 Å². The molecule has 0 amide bonds. The number of pyridine rings is 2. The third kappa shape index (κ3) is 2.56. The van der Waals surface area contributed by atoms with E-state index in [0.717, 1.165) is 11.1 Å². The highest BCUT2D eigenvalue weighted by atomic mass is 14.7. The lowest BCUT2D eigenvalue weighted by molar-refractivity contribution is 1.34. The average molecular weight is 459 g/mol. The van der Waals surface area contributed by atoms with Crippen molar-refractivity contribution >= 4 is 43.1 Å². The SMILES string of the molecule is Cc1ccc2c(c1)c(-c1ccc3cnccc3c1)cc1c3ccc(C)c4c3c(cc21)-c1ncccc1-4. The number of aryl methyl sites for hydroxylation is 2. The van der Waals surface area contributed by atoms with E-state index in [1.165, 1.54) is 76.6 Å². The third-order valence-electron chi connectivity index (χ3n) is 7.88. The number of nitrogens with zero attached hydrogens (tertiary/aromatic N) is 2. The van der Waals surface area contributed by atoms with Gasteiger partial charge in [-0.15, -0.1) is 0 Å². The Morgan fingerprint density at radius 3 is 2.39 bits per heavy atom. The monoisotopic (exact) mass is 458 g/mol. The maximum absolute atomic E-state index is 4.83. The summed E-state index contributed by atoms with van der Waals surface area (Å²) in [4.78, 5) is 9.12. The molecule has 2 heterocycles. The Morgan fingerprint density at radius 2 is 1.44 bits per heavy atom. The van der Waals surface area contributed by atoms with Crippen LogP contribution in [-0.2, 0) is 0 Å². The molecule has 168 valence electrons. The van der Waals surface area contributed by atoms with Gasteiger partial charge in [0.15, 0.2) is 0 Å². The van der Waals surface area contributed by atoms with Crippen molar-refractivity contribution < 1.29 is 0 Å². The first-order chi connectivity index (χ1) is 17.7. The van der Waals surface area contributed by atoms with Gasteiger partial charge in [-0.05, 0) is 104 Å². The molecule has 1 aliphatic carbocycles. The van der Waals surface area contributed by atoms with E-state index in [2.05, 4.69) is 91.6 Å². The molecule has 0 bridgehead atoms. The van der Waals surface area contributed by atoms with Crippen LogP contribution in [0.15, 0.2) is 97.5 Å². The highest BCUT2D eigenvalue weighted by molar-refractivity contribution is 6.28. The van der Waals surface area contributed by atoms with E-state index in [1.807, 2.05) is 24.7 Å². The predicted octanol–water partition coefficient (Wildman–Crippen LogP) is 9.02. The van der Waals surface area contributed by atoms with Crippen molar-refractivity contribution in [3.63, 3.8) is 0 Å². The Balaban J connectivity index is 1.56. The molecule has 7 aromatic rings. The normalized spacial score (nSPS) is 12.2. The summed E-state index contributed by atoms with van der Waals surface area (Å²) in [6, 6.07) is 29.3. The van der Waals surface area contributed by atoms with Crippen molar-refractivity contribution in [3.8, 4) is 33.5 Å². The van der Waals surface area contributed by atoms with Gasteiger partial charge >= 0.3 is 0 Å². The molecule has 0 unspecified atom stereocenters. The Kier molecular flexibility index (Phi) is 3.83. The van der Waals surface area contributed by atoms with E-state index in [-0.39, 0.29) is 0 Å². The second kappa shape index (κ2) is 6.99. The molecule has 2 aromatic heterocycles. The van der Waals surface area contributed by atoms with Crippen molar-refractivity contribution in [3.05, 3.63) is 109 Å². The summed E-state index contributed by atoms with van der Waals surface area (Å²) < 4.78 is 0. The van der Waals surface area contributed by atoms with Crippen molar-refractivity contribution in [1.82, 2.24) is 9.97 Å². The Bertz CT molecular complexity index is 2070. The summed E-state index contributed by atoms with van der Waals surface area (Å²) in [7, 11) is 0. The van der Waals surface area contributed by atoms with Gasteiger partial charge < -0.3 is 0 Å². The Hall–Kier alpha value is -4.56. The molecule has 2 nitrogen and oxygen atoms in total. The van der Waals surface area contributed by atoms with Crippen LogP contribution in [0.3, 0.4) is 0 Å². The van der Waals surface area contributed by atoms with Crippen LogP contribution < -0.4 is 0 Å². The van der Waals surface area contributed by atoms with Crippen LogP contribution in [0, 0.1) is 13.8 Å². The summed E-state index contributed by atoms with van der Waals surface area (Å²) in [5.41, 5.74) is 9.99. The van der Waals surface area contributed by atoms with Crippen LogP contribution in [-0.4, -0.2) is 9.97 Å².